The maximum atomic E-state index is 11.4. The van der Waals surface area contributed by atoms with Crippen molar-refractivity contribution in [2.24, 2.45) is 0 Å². The molecule has 2 aromatic rings. The first-order valence-corrected chi connectivity index (χ1v) is 8.81. The van der Waals surface area contributed by atoms with Crippen molar-refractivity contribution in [3.05, 3.63) is 78.4 Å². The van der Waals surface area contributed by atoms with Crippen LogP contribution in [0.3, 0.4) is 0 Å². The van der Waals surface area contributed by atoms with Crippen LogP contribution < -0.4 is 4.46 Å². The molecule has 4 heteroatoms. The third-order valence-corrected chi connectivity index (χ3v) is 5.38. The van der Waals surface area contributed by atoms with Crippen molar-refractivity contribution in [2.75, 3.05) is 7.11 Å². The van der Waals surface area contributed by atoms with Gasteiger partial charge in [0, 0.05) is 0 Å². The molecule has 0 aromatic heterocycles. The second-order valence-electron chi connectivity index (χ2n) is 4.59. The molecule has 2 aromatic carbocycles. The first kappa shape index (κ1) is 16.5. The molecule has 0 N–H and O–H groups in total. The molecule has 0 amide bonds. The summed E-state index contributed by atoms with van der Waals surface area (Å²) in [6.07, 6.45) is 4.26. The number of carbonyl (C=O) groups excluding carboxylic acids is 1. The molecule has 0 saturated heterocycles. The van der Waals surface area contributed by atoms with Gasteiger partial charge >= 0.3 is 137 Å². The molecule has 0 unspecified atom stereocenters. The molecule has 0 bridgehead atoms. The molecule has 0 spiro atoms. The van der Waals surface area contributed by atoms with Crippen LogP contribution in [-0.2, 0) is 21.0 Å². The van der Waals surface area contributed by atoms with E-state index < -0.39 is 5.97 Å². The van der Waals surface area contributed by atoms with E-state index in [4.69, 9.17) is 0 Å². The third kappa shape index (κ3) is 5.86. The second-order valence-corrected chi connectivity index (χ2v) is 7.34. The predicted octanol–water partition coefficient (Wildman–Crippen LogP) is 2.71. The molecule has 0 saturated carbocycles. The molecule has 3 nitrogen and oxygen atoms in total. The van der Waals surface area contributed by atoms with E-state index >= 15 is 0 Å². The quantitative estimate of drug-likeness (QED) is 0.329. The van der Waals surface area contributed by atoms with Crippen LogP contribution in [0.4, 0.5) is 0 Å². The number of allylic oxidation sites excluding steroid dienone is 1. The Hall–Kier alpha value is -1.87. The zero-order valence-electron chi connectivity index (χ0n) is 12.3. The molecule has 0 aliphatic heterocycles. The Bertz CT molecular complexity index is 555. The number of carbonyl (C=O) groups is 1. The van der Waals surface area contributed by atoms with Gasteiger partial charge in [0.05, 0.1) is 0 Å². The first-order valence-electron chi connectivity index (χ1n) is 6.96. The van der Waals surface area contributed by atoms with Gasteiger partial charge in [-0.2, -0.15) is 0 Å². The van der Waals surface area contributed by atoms with Crippen molar-refractivity contribution in [3.8, 4) is 0 Å². The summed E-state index contributed by atoms with van der Waals surface area (Å²) in [5.74, 6) is -0.482. The Labute approximate surface area is 137 Å². The van der Waals surface area contributed by atoms with Crippen LogP contribution in [-0.4, -0.2) is 28.0 Å². The van der Waals surface area contributed by atoms with E-state index in [1.54, 1.807) is 0 Å². The van der Waals surface area contributed by atoms with Gasteiger partial charge in [-0.05, 0) is 0 Å². The summed E-state index contributed by atoms with van der Waals surface area (Å²) in [4.78, 5) is 20.6. The third-order valence-electron chi connectivity index (χ3n) is 2.92. The van der Waals surface area contributed by atoms with Gasteiger partial charge < -0.3 is 0 Å². The van der Waals surface area contributed by atoms with Crippen LogP contribution in [0.5, 0.6) is 0 Å². The van der Waals surface area contributed by atoms with E-state index in [1.165, 1.54) is 23.2 Å². The molecule has 0 fully saturated rings. The molecule has 0 radical (unpaired) electrons. The van der Waals surface area contributed by atoms with Gasteiger partial charge in [0.1, 0.15) is 0 Å². The van der Waals surface area contributed by atoms with Crippen molar-refractivity contribution in [1.82, 2.24) is 0 Å². The summed E-state index contributed by atoms with van der Waals surface area (Å²) in [7, 11) is 1.32. The van der Waals surface area contributed by atoms with Crippen LogP contribution in [0.1, 0.15) is 5.56 Å². The monoisotopic (exact) mass is 362 g/mol. The fourth-order valence-corrected chi connectivity index (χ4v) is 4.27. The molecule has 114 valence electrons. The number of hydrogen-bond acceptors (Lipinski definition) is 3. The van der Waals surface area contributed by atoms with E-state index in [0.717, 1.165) is 6.42 Å². The predicted molar refractivity (Wildman–Crippen MR) is 88.0 cm³/mol. The summed E-state index contributed by atoms with van der Waals surface area (Å²) < 4.78 is 1.31. The van der Waals surface area contributed by atoms with E-state index in [-0.39, 0.29) is 19.8 Å². The normalized spacial score (nSPS) is 12.2. The molecule has 0 heterocycles. The Morgan fingerprint density at radius 3 is 2.36 bits per heavy atom. The van der Waals surface area contributed by atoms with Crippen LogP contribution >= 0.6 is 0 Å². The van der Waals surface area contributed by atoms with Gasteiger partial charge in [-0.3, -0.25) is 0 Å². The number of hydrogen-bond donors (Lipinski definition) is 0. The van der Waals surface area contributed by atoms with E-state index in [9.17, 15) is 4.79 Å². The summed E-state index contributed by atoms with van der Waals surface area (Å²) in [5, 5.41) is 0. The molecular formula is C18H18O3Se. The Kier molecular flexibility index (Phi) is 6.91. The fraction of sp³-hybridized carbons (Fsp3) is 0.167. The Balaban J connectivity index is 2.08. The average Bonchev–Trinajstić information content (AvgIpc) is 2.55. The van der Waals surface area contributed by atoms with Crippen LogP contribution in [0, 0.1) is 0 Å². The first-order chi connectivity index (χ1) is 10.8. The molecule has 2 rings (SSSR count). The van der Waals surface area contributed by atoms with Crippen molar-refractivity contribution < 1.29 is 14.6 Å². The number of rotatable bonds is 7. The standard InChI is InChI=1S/C18H18O3Se/c1-20-21-18(19)13-12-17(14-15-8-4-2-5-9-15)22-16-10-6-3-7-11-16/h2-13,17H,14H2,1H3/b13-12+/t17-/m1/s1. The summed E-state index contributed by atoms with van der Waals surface area (Å²) in [5.41, 5.74) is 1.26. The molecular weight excluding hydrogens is 343 g/mol. The van der Waals surface area contributed by atoms with Gasteiger partial charge in [0.25, 0.3) is 0 Å². The fourth-order valence-electron chi connectivity index (χ4n) is 1.97. The van der Waals surface area contributed by atoms with Gasteiger partial charge in [0.15, 0.2) is 0 Å². The second kappa shape index (κ2) is 9.21. The average molecular weight is 361 g/mol. The zero-order valence-corrected chi connectivity index (χ0v) is 14.1. The van der Waals surface area contributed by atoms with E-state index in [2.05, 4.69) is 34.0 Å². The van der Waals surface area contributed by atoms with Crippen molar-refractivity contribution >= 4 is 25.4 Å². The van der Waals surface area contributed by atoms with Crippen molar-refractivity contribution in [1.29, 1.82) is 0 Å². The van der Waals surface area contributed by atoms with Crippen LogP contribution in [0.2, 0.25) is 4.82 Å². The summed E-state index contributed by atoms with van der Waals surface area (Å²) in [6, 6.07) is 20.6. The Morgan fingerprint density at radius 1 is 1.09 bits per heavy atom. The topological polar surface area (TPSA) is 35.5 Å². The van der Waals surface area contributed by atoms with Gasteiger partial charge in [-0.25, -0.2) is 0 Å². The SMILES string of the molecule is COOC(=O)/C=C/[C@H](Cc1ccccc1)[Se]c1ccccc1. The van der Waals surface area contributed by atoms with Gasteiger partial charge in [-0.15, -0.1) is 0 Å². The summed E-state index contributed by atoms with van der Waals surface area (Å²) in [6.45, 7) is 0. The van der Waals surface area contributed by atoms with E-state index in [0.29, 0.717) is 0 Å². The molecule has 0 aliphatic rings. The van der Waals surface area contributed by atoms with Crippen LogP contribution in [0.15, 0.2) is 72.8 Å². The minimum atomic E-state index is -0.482. The van der Waals surface area contributed by atoms with Gasteiger partial charge in [-0.1, -0.05) is 0 Å². The summed E-state index contributed by atoms with van der Waals surface area (Å²) >= 11 is 0.237. The van der Waals surface area contributed by atoms with Crippen LogP contribution in [0.25, 0.3) is 0 Å². The molecule has 1 atom stereocenters. The molecule has 22 heavy (non-hydrogen) atoms. The zero-order chi connectivity index (χ0) is 15.6. The number of benzene rings is 2. The van der Waals surface area contributed by atoms with Crippen molar-refractivity contribution in [2.45, 2.75) is 11.2 Å². The van der Waals surface area contributed by atoms with Gasteiger partial charge in [0.2, 0.25) is 0 Å². The maximum absolute atomic E-state index is 11.4. The molecule has 0 aliphatic carbocycles. The minimum absolute atomic E-state index is 0.237. The Morgan fingerprint density at radius 2 is 1.73 bits per heavy atom. The van der Waals surface area contributed by atoms with Crippen molar-refractivity contribution in [3.63, 3.8) is 0 Å². The van der Waals surface area contributed by atoms with E-state index in [1.807, 2.05) is 42.5 Å².